The minimum Gasteiger partial charge on any atom is -0.465 e. The van der Waals surface area contributed by atoms with E-state index in [0.717, 1.165) is 0 Å². The van der Waals surface area contributed by atoms with Gasteiger partial charge in [0.25, 0.3) is 5.91 Å². The van der Waals surface area contributed by atoms with Crippen LogP contribution in [-0.2, 0) is 9.59 Å². The van der Waals surface area contributed by atoms with Gasteiger partial charge in [-0.1, -0.05) is 0 Å². The summed E-state index contributed by atoms with van der Waals surface area (Å²) < 4.78 is 5.12. The quantitative estimate of drug-likeness (QED) is 0.612. The number of hydrogen-bond donors (Lipinski definition) is 2. The maximum atomic E-state index is 12.1. The number of imide groups is 1. The molecule has 0 aromatic carbocycles. The van der Waals surface area contributed by atoms with Crippen molar-refractivity contribution >= 4 is 23.9 Å². The fraction of sp³-hybridized carbons (Fsp3) is 0.357. The molecule has 1 spiro atoms. The normalized spacial score (nSPS) is 20.9. The van der Waals surface area contributed by atoms with Crippen molar-refractivity contribution in [2.75, 3.05) is 13.1 Å². The molecule has 0 atom stereocenters. The molecule has 110 valence electrons. The molecule has 2 N–H and O–H groups in total. The number of carbonyl (C=O) groups excluding carboxylic acids is 3. The van der Waals surface area contributed by atoms with Crippen LogP contribution in [-0.4, -0.2) is 41.4 Å². The second kappa shape index (κ2) is 5.08. The summed E-state index contributed by atoms with van der Waals surface area (Å²) in [6, 6.07) is 3.04. The zero-order valence-electron chi connectivity index (χ0n) is 11.3. The smallest absolute Gasteiger partial charge is 0.322 e. The predicted molar refractivity (Wildman–Crippen MR) is 73.0 cm³/mol. The highest BCUT2D eigenvalue weighted by molar-refractivity contribution is 6.07. The van der Waals surface area contributed by atoms with Crippen LogP contribution in [0, 0.1) is 0 Å². The van der Waals surface area contributed by atoms with Crippen molar-refractivity contribution in [1.29, 1.82) is 0 Å². The van der Waals surface area contributed by atoms with Gasteiger partial charge in [-0.15, -0.1) is 0 Å². The third kappa shape index (κ3) is 2.54. The number of amides is 4. The van der Waals surface area contributed by atoms with Gasteiger partial charge in [-0.25, -0.2) is 4.79 Å². The Morgan fingerprint density at radius 1 is 1.33 bits per heavy atom. The highest BCUT2D eigenvalue weighted by Crippen LogP contribution is 2.25. The number of piperidine rings is 1. The van der Waals surface area contributed by atoms with Crippen LogP contribution in [0.4, 0.5) is 4.79 Å². The summed E-state index contributed by atoms with van der Waals surface area (Å²) in [7, 11) is 0. The lowest BCUT2D eigenvalue weighted by Gasteiger charge is -2.36. The summed E-state index contributed by atoms with van der Waals surface area (Å²) in [5, 5.41) is 4.91. The topological polar surface area (TPSA) is 91.7 Å². The Morgan fingerprint density at radius 3 is 2.67 bits per heavy atom. The molecule has 0 saturated carbocycles. The SMILES string of the molecule is O=C1NC(=O)C2(CCN(C(=O)/C=C\c3ccco3)CC2)N1. The average Bonchev–Trinajstić information content (AvgIpc) is 3.06. The van der Waals surface area contributed by atoms with Crippen molar-refractivity contribution in [3.05, 3.63) is 30.2 Å². The first-order valence-electron chi connectivity index (χ1n) is 6.73. The van der Waals surface area contributed by atoms with Gasteiger partial charge in [-0.05, 0) is 31.1 Å². The fourth-order valence-corrected chi connectivity index (χ4v) is 2.63. The molecule has 2 aliphatic rings. The third-order valence-electron chi connectivity index (χ3n) is 3.88. The van der Waals surface area contributed by atoms with E-state index in [0.29, 0.717) is 31.7 Å². The van der Waals surface area contributed by atoms with Crippen LogP contribution in [0.1, 0.15) is 18.6 Å². The van der Waals surface area contributed by atoms with Crippen LogP contribution < -0.4 is 10.6 Å². The van der Waals surface area contributed by atoms with Crippen molar-refractivity contribution in [1.82, 2.24) is 15.5 Å². The molecule has 0 unspecified atom stereocenters. The highest BCUT2D eigenvalue weighted by Gasteiger charge is 2.48. The summed E-state index contributed by atoms with van der Waals surface area (Å²) in [4.78, 5) is 36.7. The molecule has 2 fully saturated rings. The van der Waals surface area contributed by atoms with E-state index >= 15 is 0 Å². The lowest BCUT2D eigenvalue weighted by atomic mass is 9.87. The monoisotopic (exact) mass is 289 g/mol. The zero-order chi connectivity index (χ0) is 14.9. The Bertz CT molecular complexity index is 598. The fourth-order valence-electron chi connectivity index (χ4n) is 2.63. The molecule has 7 heteroatoms. The first-order chi connectivity index (χ1) is 10.1. The van der Waals surface area contributed by atoms with E-state index in [1.807, 2.05) is 0 Å². The minimum atomic E-state index is -0.849. The largest absolute Gasteiger partial charge is 0.465 e. The standard InChI is InChI=1S/C14H15N3O4/c18-11(4-3-10-2-1-9-21-10)17-7-5-14(6-8-17)12(19)15-13(20)16-14/h1-4,9H,5-8H2,(H2,15,16,19,20)/b4-3-. The van der Waals surface area contributed by atoms with Crippen LogP contribution in [0.3, 0.4) is 0 Å². The number of nitrogens with one attached hydrogen (secondary N) is 2. The van der Waals surface area contributed by atoms with E-state index in [2.05, 4.69) is 10.6 Å². The Labute approximate surface area is 121 Å². The van der Waals surface area contributed by atoms with Crippen molar-refractivity contribution in [3.8, 4) is 0 Å². The third-order valence-corrected chi connectivity index (χ3v) is 3.88. The number of urea groups is 1. The highest BCUT2D eigenvalue weighted by atomic mass is 16.3. The number of likely N-dealkylation sites (tertiary alicyclic amines) is 1. The van der Waals surface area contributed by atoms with Crippen LogP contribution in [0.15, 0.2) is 28.9 Å². The number of nitrogens with zero attached hydrogens (tertiary/aromatic N) is 1. The lowest BCUT2D eigenvalue weighted by Crippen LogP contribution is -2.55. The zero-order valence-corrected chi connectivity index (χ0v) is 11.3. The number of furan rings is 1. The van der Waals surface area contributed by atoms with Crippen LogP contribution >= 0.6 is 0 Å². The van der Waals surface area contributed by atoms with Gasteiger partial charge in [0.1, 0.15) is 11.3 Å². The Morgan fingerprint density at radius 2 is 2.10 bits per heavy atom. The Kier molecular flexibility index (Phi) is 3.25. The van der Waals surface area contributed by atoms with Crippen molar-refractivity contribution in [2.24, 2.45) is 0 Å². The van der Waals surface area contributed by atoms with Crippen LogP contribution in [0.5, 0.6) is 0 Å². The number of carbonyl (C=O) groups is 3. The molecule has 7 nitrogen and oxygen atoms in total. The van der Waals surface area contributed by atoms with Gasteiger partial charge in [0.05, 0.1) is 6.26 Å². The molecule has 3 heterocycles. The molecule has 2 aliphatic heterocycles. The Hall–Kier alpha value is -2.57. The van der Waals surface area contributed by atoms with Crippen molar-refractivity contribution in [2.45, 2.75) is 18.4 Å². The number of hydrogen-bond acceptors (Lipinski definition) is 4. The summed E-state index contributed by atoms with van der Waals surface area (Å²) in [6.45, 7) is 0.851. The molecule has 2 saturated heterocycles. The summed E-state index contributed by atoms with van der Waals surface area (Å²) in [5.74, 6) is 0.177. The molecular formula is C14H15N3O4. The maximum Gasteiger partial charge on any atom is 0.322 e. The van der Waals surface area contributed by atoms with Gasteiger partial charge >= 0.3 is 6.03 Å². The molecular weight excluding hydrogens is 274 g/mol. The van der Waals surface area contributed by atoms with E-state index < -0.39 is 11.6 Å². The summed E-state index contributed by atoms with van der Waals surface area (Å²) in [6.07, 6.45) is 5.44. The predicted octanol–water partition coefficient (Wildman–Crippen LogP) is 0.493. The maximum absolute atomic E-state index is 12.1. The van der Waals surface area contributed by atoms with Crippen LogP contribution in [0.2, 0.25) is 0 Å². The van der Waals surface area contributed by atoms with Gasteiger partial charge in [0.15, 0.2) is 0 Å². The van der Waals surface area contributed by atoms with Crippen molar-refractivity contribution in [3.63, 3.8) is 0 Å². The number of rotatable bonds is 2. The van der Waals surface area contributed by atoms with Gasteiger partial charge in [0, 0.05) is 19.2 Å². The Balaban J connectivity index is 1.59. The van der Waals surface area contributed by atoms with E-state index in [4.69, 9.17) is 4.42 Å². The minimum absolute atomic E-state index is 0.133. The molecule has 0 aliphatic carbocycles. The lowest BCUT2D eigenvalue weighted by molar-refractivity contribution is -0.132. The van der Waals surface area contributed by atoms with E-state index in [1.54, 1.807) is 23.1 Å². The molecule has 4 amide bonds. The molecule has 1 aromatic heterocycles. The second-order valence-corrected chi connectivity index (χ2v) is 5.16. The summed E-state index contributed by atoms with van der Waals surface area (Å²) in [5.41, 5.74) is -0.849. The molecule has 0 bridgehead atoms. The van der Waals surface area contributed by atoms with Gasteiger partial charge in [-0.3, -0.25) is 14.9 Å². The van der Waals surface area contributed by atoms with Crippen LogP contribution in [0.25, 0.3) is 6.08 Å². The van der Waals surface area contributed by atoms with Gasteiger partial charge < -0.3 is 14.6 Å². The van der Waals surface area contributed by atoms with Gasteiger partial charge in [0.2, 0.25) is 5.91 Å². The first kappa shape index (κ1) is 13.4. The van der Waals surface area contributed by atoms with Crippen molar-refractivity contribution < 1.29 is 18.8 Å². The molecule has 0 radical (unpaired) electrons. The average molecular weight is 289 g/mol. The second-order valence-electron chi connectivity index (χ2n) is 5.16. The molecule has 21 heavy (non-hydrogen) atoms. The molecule has 3 rings (SSSR count). The first-order valence-corrected chi connectivity index (χ1v) is 6.73. The summed E-state index contributed by atoms with van der Waals surface area (Å²) >= 11 is 0. The van der Waals surface area contributed by atoms with Gasteiger partial charge in [-0.2, -0.15) is 0 Å². The van der Waals surface area contributed by atoms with E-state index in [1.165, 1.54) is 12.3 Å². The van der Waals surface area contributed by atoms with E-state index in [-0.39, 0.29) is 11.8 Å². The molecule has 1 aromatic rings. The van der Waals surface area contributed by atoms with E-state index in [9.17, 15) is 14.4 Å².